The van der Waals surface area contributed by atoms with Crippen LogP contribution in [0, 0.1) is 26.7 Å². The van der Waals surface area contributed by atoms with Gasteiger partial charge in [-0.1, -0.05) is 62.6 Å². The van der Waals surface area contributed by atoms with E-state index in [0.717, 1.165) is 58.7 Å². The van der Waals surface area contributed by atoms with E-state index in [4.69, 9.17) is 11.6 Å². The standard InChI is InChI=1S/C11H21NO.C9H9N3.C7H7Cl/c1-4-7-10(8-5-2)11(13)12-9-6-3;1-6-8-5-11-7(2)12-9(8)3-4-10-6;1-6-4-2-3-5-7(6)8/h6,10H,3-5,7-9H2,1-2H3,(H,12,13);3-5H,1-2H3;2-5H,1H3. The van der Waals surface area contributed by atoms with Crippen LogP contribution in [-0.2, 0) is 4.79 Å². The molecule has 1 aromatic carbocycles. The molecule has 178 valence electrons. The van der Waals surface area contributed by atoms with Gasteiger partial charge in [0, 0.05) is 41.0 Å². The van der Waals surface area contributed by atoms with E-state index in [9.17, 15) is 4.79 Å². The maximum Gasteiger partial charge on any atom is 0.223 e. The van der Waals surface area contributed by atoms with Crippen LogP contribution >= 0.6 is 11.6 Å². The first-order valence-electron chi connectivity index (χ1n) is 11.5. The highest BCUT2D eigenvalue weighted by atomic mass is 35.5. The third-order valence-electron chi connectivity index (χ3n) is 4.97. The first kappa shape index (κ1) is 28.2. The van der Waals surface area contributed by atoms with Crippen molar-refractivity contribution < 1.29 is 4.79 Å². The van der Waals surface area contributed by atoms with E-state index < -0.39 is 0 Å². The molecule has 0 fully saturated rings. The Labute approximate surface area is 203 Å². The van der Waals surface area contributed by atoms with E-state index in [-0.39, 0.29) is 11.8 Å². The number of aryl methyl sites for hydroxylation is 3. The van der Waals surface area contributed by atoms with Gasteiger partial charge >= 0.3 is 0 Å². The number of carbonyl (C=O) groups is 1. The molecule has 0 radical (unpaired) electrons. The van der Waals surface area contributed by atoms with Crippen LogP contribution in [0.15, 0.2) is 55.4 Å². The maximum absolute atomic E-state index is 11.5. The van der Waals surface area contributed by atoms with E-state index in [1.54, 1.807) is 12.3 Å². The normalized spacial score (nSPS) is 10.0. The second-order valence-corrected chi connectivity index (χ2v) is 8.21. The fourth-order valence-electron chi connectivity index (χ4n) is 3.15. The number of rotatable bonds is 7. The van der Waals surface area contributed by atoms with Crippen LogP contribution in [0.2, 0.25) is 5.02 Å². The highest BCUT2D eigenvalue weighted by Crippen LogP contribution is 2.14. The average molecular weight is 469 g/mol. The molecule has 0 saturated carbocycles. The number of fused-ring (bicyclic) bond motifs is 1. The Morgan fingerprint density at radius 2 is 1.76 bits per heavy atom. The smallest absolute Gasteiger partial charge is 0.223 e. The number of pyridine rings is 1. The van der Waals surface area contributed by atoms with Crippen molar-refractivity contribution in [2.45, 2.75) is 60.3 Å². The van der Waals surface area contributed by atoms with Crippen molar-refractivity contribution in [2.75, 3.05) is 6.54 Å². The monoisotopic (exact) mass is 468 g/mol. The number of hydrogen-bond acceptors (Lipinski definition) is 4. The molecule has 5 nitrogen and oxygen atoms in total. The summed E-state index contributed by atoms with van der Waals surface area (Å²) in [6, 6.07) is 9.67. The Morgan fingerprint density at radius 3 is 2.30 bits per heavy atom. The first-order valence-corrected chi connectivity index (χ1v) is 11.9. The lowest BCUT2D eigenvalue weighted by Crippen LogP contribution is -2.30. The molecular formula is C27H37ClN4O. The molecule has 0 saturated heterocycles. The molecule has 3 aromatic rings. The number of halogens is 1. The summed E-state index contributed by atoms with van der Waals surface area (Å²) < 4.78 is 0. The molecule has 3 rings (SSSR count). The second kappa shape index (κ2) is 15.9. The van der Waals surface area contributed by atoms with Gasteiger partial charge < -0.3 is 5.32 Å². The Bertz CT molecular complexity index is 979. The third kappa shape index (κ3) is 10.6. The number of nitrogens with zero attached hydrogens (tertiary/aromatic N) is 3. The summed E-state index contributed by atoms with van der Waals surface area (Å²) in [5.74, 6) is 1.19. The van der Waals surface area contributed by atoms with Gasteiger partial charge in [0.05, 0.1) is 5.52 Å². The largest absolute Gasteiger partial charge is 0.352 e. The summed E-state index contributed by atoms with van der Waals surface area (Å²) in [4.78, 5) is 24.1. The number of amides is 1. The van der Waals surface area contributed by atoms with Crippen molar-refractivity contribution in [3.05, 3.63) is 77.5 Å². The van der Waals surface area contributed by atoms with Crippen LogP contribution in [0.5, 0.6) is 0 Å². The zero-order chi connectivity index (χ0) is 24.6. The summed E-state index contributed by atoms with van der Waals surface area (Å²) in [7, 11) is 0. The summed E-state index contributed by atoms with van der Waals surface area (Å²) in [5, 5.41) is 4.72. The van der Waals surface area contributed by atoms with Crippen molar-refractivity contribution >= 4 is 28.4 Å². The fourth-order valence-corrected chi connectivity index (χ4v) is 3.29. The molecule has 0 spiro atoms. The van der Waals surface area contributed by atoms with Gasteiger partial charge in [-0.15, -0.1) is 6.58 Å². The minimum Gasteiger partial charge on any atom is -0.352 e. The topological polar surface area (TPSA) is 67.8 Å². The van der Waals surface area contributed by atoms with Gasteiger partial charge in [-0.2, -0.15) is 0 Å². The zero-order valence-corrected chi connectivity index (χ0v) is 21.3. The third-order valence-corrected chi connectivity index (χ3v) is 5.40. The highest BCUT2D eigenvalue weighted by Gasteiger charge is 2.14. The molecule has 6 heteroatoms. The molecule has 0 unspecified atom stereocenters. The van der Waals surface area contributed by atoms with E-state index in [1.165, 1.54) is 0 Å². The van der Waals surface area contributed by atoms with Gasteiger partial charge in [-0.3, -0.25) is 9.78 Å². The lowest BCUT2D eigenvalue weighted by atomic mass is 9.97. The van der Waals surface area contributed by atoms with Crippen LogP contribution in [0.4, 0.5) is 0 Å². The van der Waals surface area contributed by atoms with Gasteiger partial charge in [0.2, 0.25) is 5.91 Å². The Kier molecular flexibility index (Phi) is 13.6. The van der Waals surface area contributed by atoms with Gasteiger partial charge in [-0.05, 0) is 51.3 Å². The molecule has 0 aliphatic rings. The lowest BCUT2D eigenvalue weighted by Gasteiger charge is -2.13. The molecule has 33 heavy (non-hydrogen) atoms. The lowest BCUT2D eigenvalue weighted by molar-refractivity contribution is -0.125. The summed E-state index contributed by atoms with van der Waals surface area (Å²) >= 11 is 5.71. The summed E-state index contributed by atoms with van der Waals surface area (Å²) in [5.41, 5.74) is 3.08. The predicted octanol–water partition coefficient (Wildman–Crippen LogP) is 6.80. The molecule has 0 aliphatic carbocycles. The van der Waals surface area contributed by atoms with Crippen molar-refractivity contribution in [1.82, 2.24) is 20.3 Å². The van der Waals surface area contributed by atoms with Crippen LogP contribution in [0.25, 0.3) is 10.9 Å². The molecule has 1 amide bonds. The maximum atomic E-state index is 11.5. The minimum atomic E-state index is 0.184. The minimum absolute atomic E-state index is 0.184. The molecule has 2 aromatic heterocycles. The average Bonchev–Trinajstić information content (AvgIpc) is 2.80. The van der Waals surface area contributed by atoms with Crippen LogP contribution < -0.4 is 5.32 Å². The van der Waals surface area contributed by atoms with Crippen LogP contribution in [0.1, 0.15) is 56.6 Å². The van der Waals surface area contributed by atoms with Crippen LogP contribution in [0.3, 0.4) is 0 Å². The quantitative estimate of drug-likeness (QED) is 0.387. The molecule has 2 heterocycles. The first-order chi connectivity index (χ1) is 15.8. The number of nitrogens with one attached hydrogen (secondary N) is 1. The molecular weight excluding hydrogens is 432 g/mol. The van der Waals surface area contributed by atoms with E-state index in [0.29, 0.717) is 6.54 Å². The predicted molar refractivity (Wildman–Crippen MR) is 140 cm³/mol. The molecule has 0 bridgehead atoms. The van der Waals surface area contributed by atoms with Crippen molar-refractivity contribution in [3.63, 3.8) is 0 Å². The van der Waals surface area contributed by atoms with E-state index in [2.05, 4.69) is 40.7 Å². The number of aromatic nitrogens is 3. The summed E-state index contributed by atoms with van der Waals surface area (Å²) in [6.07, 6.45) is 9.45. The van der Waals surface area contributed by atoms with Crippen molar-refractivity contribution in [2.24, 2.45) is 5.92 Å². The number of hydrogen-bond donors (Lipinski definition) is 1. The molecule has 0 aliphatic heterocycles. The van der Waals surface area contributed by atoms with Crippen molar-refractivity contribution in [3.8, 4) is 0 Å². The number of benzene rings is 1. The molecule has 1 N–H and O–H groups in total. The van der Waals surface area contributed by atoms with Gasteiger partial charge in [0.15, 0.2) is 0 Å². The Hall–Kier alpha value is -2.79. The van der Waals surface area contributed by atoms with E-state index >= 15 is 0 Å². The Morgan fingerprint density at radius 1 is 1.09 bits per heavy atom. The Balaban J connectivity index is 0.000000254. The zero-order valence-electron chi connectivity index (χ0n) is 20.6. The number of carbonyl (C=O) groups excluding carboxylic acids is 1. The van der Waals surface area contributed by atoms with Crippen molar-refractivity contribution in [1.29, 1.82) is 0 Å². The SMILES string of the molecule is C=CCNC(=O)C(CCC)CCC.Cc1ccccc1Cl.Cc1ncc2c(C)nccc2n1. The van der Waals surface area contributed by atoms with Crippen LogP contribution in [-0.4, -0.2) is 27.4 Å². The van der Waals surface area contributed by atoms with Gasteiger partial charge in [0.25, 0.3) is 0 Å². The molecule has 0 atom stereocenters. The summed E-state index contributed by atoms with van der Waals surface area (Å²) in [6.45, 7) is 14.2. The van der Waals surface area contributed by atoms with Gasteiger partial charge in [0.1, 0.15) is 5.82 Å². The van der Waals surface area contributed by atoms with E-state index in [1.807, 2.05) is 57.3 Å². The second-order valence-electron chi connectivity index (χ2n) is 7.80. The fraction of sp³-hybridized carbons (Fsp3) is 0.407. The van der Waals surface area contributed by atoms with Gasteiger partial charge in [-0.25, -0.2) is 9.97 Å². The highest BCUT2D eigenvalue weighted by molar-refractivity contribution is 6.31.